The highest BCUT2D eigenvalue weighted by atomic mass is 16.5. The molecule has 6 heteroatoms. The summed E-state index contributed by atoms with van der Waals surface area (Å²) >= 11 is 0. The Labute approximate surface area is 125 Å². The predicted molar refractivity (Wildman–Crippen MR) is 81.7 cm³/mol. The van der Waals surface area contributed by atoms with Gasteiger partial charge in [-0.05, 0) is 37.0 Å². The van der Waals surface area contributed by atoms with Gasteiger partial charge in [-0.25, -0.2) is 4.99 Å². The zero-order chi connectivity index (χ0) is 15.3. The highest BCUT2D eigenvalue weighted by Crippen LogP contribution is 2.30. The first-order valence-electron chi connectivity index (χ1n) is 7.03. The maximum atomic E-state index is 9.97. The summed E-state index contributed by atoms with van der Waals surface area (Å²) in [5, 5.41) is 12.9. The number of nitrogens with one attached hydrogen (secondary N) is 1. The number of aliphatic imine (C=N–C) groups is 1. The summed E-state index contributed by atoms with van der Waals surface area (Å²) in [7, 11) is 3.20. The number of nitrogens with two attached hydrogens (primary N) is 1. The van der Waals surface area contributed by atoms with Crippen molar-refractivity contribution >= 4 is 5.96 Å². The van der Waals surface area contributed by atoms with Crippen LogP contribution >= 0.6 is 0 Å². The number of nitrogens with zero attached hydrogens (tertiary/aromatic N) is 1. The van der Waals surface area contributed by atoms with Crippen LogP contribution in [0.4, 0.5) is 0 Å². The molecule has 1 saturated carbocycles. The van der Waals surface area contributed by atoms with Gasteiger partial charge in [0.2, 0.25) is 0 Å². The second-order valence-corrected chi connectivity index (χ2v) is 5.32. The second kappa shape index (κ2) is 6.67. The Morgan fingerprint density at radius 2 is 2.05 bits per heavy atom. The van der Waals surface area contributed by atoms with E-state index < -0.39 is 5.60 Å². The fraction of sp³-hybridized carbons (Fsp3) is 0.533. The normalized spacial score (nSPS) is 17.0. The van der Waals surface area contributed by atoms with E-state index in [1.807, 2.05) is 18.2 Å². The van der Waals surface area contributed by atoms with Crippen LogP contribution in [0.15, 0.2) is 23.2 Å². The summed E-state index contributed by atoms with van der Waals surface area (Å²) in [6.45, 7) is 0.895. The lowest BCUT2D eigenvalue weighted by atomic mass is 9.80. The van der Waals surface area contributed by atoms with Crippen molar-refractivity contribution < 1.29 is 14.6 Å². The number of hydrogen-bond donors (Lipinski definition) is 3. The first kappa shape index (κ1) is 15.4. The first-order valence-corrected chi connectivity index (χ1v) is 7.03. The molecule has 0 aromatic heterocycles. The van der Waals surface area contributed by atoms with Crippen LogP contribution in [0.1, 0.15) is 24.8 Å². The number of aliphatic hydroxyl groups is 1. The molecule has 2 rings (SSSR count). The summed E-state index contributed by atoms with van der Waals surface area (Å²) in [5.41, 5.74) is 6.17. The summed E-state index contributed by atoms with van der Waals surface area (Å²) in [5.74, 6) is 1.69. The van der Waals surface area contributed by atoms with Gasteiger partial charge in [-0.1, -0.05) is 6.07 Å². The predicted octanol–water partition coefficient (Wildman–Crippen LogP) is 1.02. The van der Waals surface area contributed by atoms with Gasteiger partial charge < -0.3 is 25.6 Å². The third-order valence-corrected chi connectivity index (χ3v) is 3.76. The average molecular weight is 293 g/mol. The van der Waals surface area contributed by atoms with E-state index in [2.05, 4.69) is 10.3 Å². The molecule has 1 aliphatic rings. The van der Waals surface area contributed by atoms with Crippen molar-refractivity contribution in [3.63, 3.8) is 0 Å². The fourth-order valence-corrected chi connectivity index (χ4v) is 2.23. The minimum absolute atomic E-state index is 0.338. The molecule has 0 spiro atoms. The van der Waals surface area contributed by atoms with Crippen molar-refractivity contribution in [1.82, 2.24) is 5.32 Å². The van der Waals surface area contributed by atoms with Gasteiger partial charge in [-0.15, -0.1) is 0 Å². The summed E-state index contributed by atoms with van der Waals surface area (Å²) in [4.78, 5) is 4.26. The molecule has 116 valence electrons. The van der Waals surface area contributed by atoms with E-state index in [1.165, 1.54) is 0 Å². The third kappa shape index (κ3) is 4.01. The van der Waals surface area contributed by atoms with E-state index in [9.17, 15) is 5.11 Å². The Hall–Kier alpha value is -1.95. The molecule has 0 bridgehead atoms. The van der Waals surface area contributed by atoms with E-state index in [0.29, 0.717) is 30.5 Å². The molecule has 0 unspecified atom stereocenters. The Morgan fingerprint density at radius 3 is 2.62 bits per heavy atom. The highest BCUT2D eigenvalue weighted by molar-refractivity contribution is 5.77. The van der Waals surface area contributed by atoms with Gasteiger partial charge in [0.1, 0.15) is 0 Å². The number of hydrogen-bond acceptors (Lipinski definition) is 4. The Bertz CT molecular complexity index is 513. The first-order chi connectivity index (χ1) is 10.1. The maximum absolute atomic E-state index is 9.97. The van der Waals surface area contributed by atoms with Gasteiger partial charge in [-0.2, -0.15) is 0 Å². The molecule has 0 amide bonds. The third-order valence-electron chi connectivity index (χ3n) is 3.76. The van der Waals surface area contributed by atoms with Crippen LogP contribution in [0.3, 0.4) is 0 Å². The molecule has 0 radical (unpaired) electrons. The minimum atomic E-state index is -0.608. The van der Waals surface area contributed by atoms with Crippen molar-refractivity contribution in [2.75, 3.05) is 20.8 Å². The van der Waals surface area contributed by atoms with E-state index in [-0.39, 0.29) is 0 Å². The largest absolute Gasteiger partial charge is 0.493 e. The monoisotopic (exact) mass is 293 g/mol. The van der Waals surface area contributed by atoms with Gasteiger partial charge in [0.05, 0.1) is 26.4 Å². The van der Waals surface area contributed by atoms with E-state index >= 15 is 0 Å². The molecule has 0 atom stereocenters. The highest BCUT2D eigenvalue weighted by Gasteiger charge is 2.34. The van der Waals surface area contributed by atoms with E-state index in [1.54, 1.807) is 14.2 Å². The lowest BCUT2D eigenvalue weighted by Gasteiger charge is -2.36. The molecule has 0 aliphatic heterocycles. The van der Waals surface area contributed by atoms with Crippen LogP contribution in [-0.4, -0.2) is 37.4 Å². The molecular weight excluding hydrogens is 270 g/mol. The molecule has 1 fully saturated rings. The smallest absolute Gasteiger partial charge is 0.189 e. The number of benzene rings is 1. The molecular formula is C15H23N3O3. The standard InChI is InChI=1S/C15H23N3O3/c1-20-12-5-4-11(8-13(12)21-2)9-17-14(16)18-10-15(19)6-3-7-15/h4-5,8,19H,3,6-7,9-10H2,1-2H3,(H3,16,17,18). The number of guanidine groups is 1. The van der Waals surface area contributed by atoms with Crippen molar-refractivity contribution in [3.05, 3.63) is 23.8 Å². The average Bonchev–Trinajstić information content (AvgIpc) is 2.48. The Balaban J connectivity index is 1.90. The molecule has 1 aromatic rings. The van der Waals surface area contributed by atoms with Crippen LogP contribution in [0.25, 0.3) is 0 Å². The molecule has 0 saturated heterocycles. The van der Waals surface area contributed by atoms with Crippen LogP contribution in [0, 0.1) is 0 Å². The molecule has 0 heterocycles. The number of ether oxygens (including phenoxy) is 2. The molecule has 4 N–H and O–H groups in total. The molecule has 6 nitrogen and oxygen atoms in total. The summed E-state index contributed by atoms with van der Waals surface area (Å²) < 4.78 is 10.4. The number of methoxy groups -OCH3 is 2. The van der Waals surface area contributed by atoms with Gasteiger partial charge in [-0.3, -0.25) is 0 Å². The van der Waals surface area contributed by atoms with E-state index in [0.717, 1.165) is 24.8 Å². The molecule has 1 aliphatic carbocycles. The van der Waals surface area contributed by atoms with Gasteiger partial charge in [0, 0.05) is 6.54 Å². The minimum Gasteiger partial charge on any atom is -0.493 e. The molecule has 1 aromatic carbocycles. The van der Waals surface area contributed by atoms with Crippen LogP contribution in [0.5, 0.6) is 11.5 Å². The summed E-state index contributed by atoms with van der Waals surface area (Å²) in [6.07, 6.45) is 2.72. The maximum Gasteiger partial charge on any atom is 0.189 e. The lowest BCUT2D eigenvalue weighted by molar-refractivity contribution is -0.0278. The Morgan fingerprint density at radius 1 is 1.33 bits per heavy atom. The van der Waals surface area contributed by atoms with Gasteiger partial charge >= 0.3 is 0 Å². The fourth-order valence-electron chi connectivity index (χ4n) is 2.23. The second-order valence-electron chi connectivity index (χ2n) is 5.32. The quantitative estimate of drug-likeness (QED) is 0.538. The van der Waals surface area contributed by atoms with E-state index in [4.69, 9.17) is 15.2 Å². The number of rotatable bonds is 6. The topological polar surface area (TPSA) is 89.1 Å². The van der Waals surface area contributed by atoms with Crippen LogP contribution in [0.2, 0.25) is 0 Å². The zero-order valence-corrected chi connectivity index (χ0v) is 12.6. The van der Waals surface area contributed by atoms with Crippen molar-refractivity contribution in [1.29, 1.82) is 0 Å². The zero-order valence-electron chi connectivity index (χ0n) is 12.6. The van der Waals surface area contributed by atoms with Gasteiger partial charge in [0.15, 0.2) is 17.5 Å². The molecule has 21 heavy (non-hydrogen) atoms. The Kier molecular flexibility index (Phi) is 4.90. The van der Waals surface area contributed by atoms with Crippen LogP contribution < -0.4 is 20.5 Å². The lowest BCUT2D eigenvalue weighted by Crippen LogP contribution is -2.49. The van der Waals surface area contributed by atoms with Crippen molar-refractivity contribution in [2.45, 2.75) is 31.4 Å². The summed E-state index contributed by atoms with van der Waals surface area (Å²) in [6, 6.07) is 5.62. The van der Waals surface area contributed by atoms with Crippen LogP contribution in [-0.2, 0) is 6.54 Å². The van der Waals surface area contributed by atoms with Crippen molar-refractivity contribution in [3.8, 4) is 11.5 Å². The van der Waals surface area contributed by atoms with Crippen molar-refractivity contribution in [2.24, 2.45) is 10.7 Å². The SMILES string of the molecule is COc1ccc(CN=C(N)NCC2(O)CCC2)cc1OC. The van der Waals surface area contributed by atoms with Gasteiger partial charge in [0.25, 0.3) is 0 Å².